The van der Waals surface area contributed by atoms with Crippen LogP contribution >= 0.6 is 0 Å². The number of allylic oxidation sites excluding steroid dienone is 2. The van der Waals surface area contributed by atoms with E-state index >= 15 is 0 Å². The first-order valence-electron chi connectivity index (χ1n) is 9.77. The van der Waals surface area contributed by atoms with E-state index in [0.29, 0.717) is 42.3 Å². The maximum absolute atomic E-state index is 12.0. The summed E-state index contributed by atoms with van der Waals surface area (Å²) in [5.41, 5.74) is 1.57. The van der Waals surface area contributed by atoms with Gasteiger partial charge in [0.1, 0.15) is 5.78 Å². The van der Waals surface area contributed by atoms with E-state index in [9.17, 15) is 9.90 Å². The van der Waals surface area contributed by atoms with Crippen molar-refractivity contribution in [3.63, 3.8) is 0 Å². The number of rotatable bonds is 1. The molecule has 130 valence electrons. The molecule has 3 nitrogen and oxygen atoms in total. The third kappa shape index (κ3) is 2.08. The third-order valence-electron chi connectivity index (χ3n) is 8.56. The number of aliphatic hydroxyl groups is 1. The molecule has 4 saturated carbocycles. The molecule has 0 spiro atoms. The van der Waals surface area contributed by atoms with Gasteiger partial charge in [0.15, 0.2) is 0 Å². The summed E-state index contributed by atoms with van der Waals surface area (Å²) in [6, 6.07) is 2.27. The van der Waals surface area contributed by atoms with Crippen LogP contribution in [0, 0.1) is 45.8 Å². The summed E-state index contributed by atoms with van der Waals surface area (Å²) in [5, 5.41) is 19.5. The van der Waals surface area contributed by atoms with Crippen molar-refractivity contribution in [1.82, 2.24) is 0 Å². The fourth-order valence-electron chi connectivity index (χ4n) is 7.32. The van der Waals surface area contributed by atoms with E-state index in [1.165, 1.54) is 18.4 Å². The van der Waals surface area contributed by atoms with Crippen molar-refractivity contribution < 1.29 is 9.90 Å². The van der Waals surface area contributed by atoms with Crippen LogP contribution in [-0.4, -0.2) is 17.5 Å². The molecule has 24 heavy (non-hydrogen) atoms. The van der Waals surface area contributed by atoms with Gasteiger partial charge in [-0.2, -0.15) is 5.26 Å². The number of nitriles is 1. The highest BCUT2D eigenvalue weighted by atomic mass is 16.3. The van der Waals surface area contributed by atoms with Gasteiger partial charge in [0, 0.05) is 30.9 Å². The molecule has 1 N–H and O–H groups in total. The molecule has 4 fully saturated rings. The normalized spacial score (nSPS) is 49.2. The lowest BCUT2D eigenvalue weighted by atomic mass is 9.44. The summed E-state index contributed by atoms with van der Waals surface area (Å²) >= 11 is 0. The molecule has 0 heterocycles. The molecule has 0 aliphatic heterocycles. The summed E-state index contributed by atoms with van der Waals surface area (Å²) in [6.07, 6.45) is 11.0. The molecule has 6 atom stereocenters. The van der Waals surface area contributed by atoms with Crippen LogP contribution in [0.5, 0.6) is 0 Å². The van der Waals surface area contributed by atoms with Crippen molar-refractivity contribution in [2.24, 2.45) is 34.5 Å². The zero-order valence-corrected chi connectivity index (χ0v) is 14.8. The molecular weight excluding hydrogens is 298 g/mol. The quantitative estimate of drug-likeness (QED) is 0.740. The Kier molecular flexibility index (Phi) is 3.88. The minimum Gasteiger partial charge on any atom is -0.396 e. The second-order valence-electron chi connectivity index (χ2n) is 9.08. The number of carbonyl (C=O) groups is 1. The van der Waals surface area contributed by atoms with E-state index in [1.807, 2.05) is 6.08 Å². The van der Waals surface area contributed by atoms with Gasteiger partial charge in [-0.3, -0.25) is 4.79 Å². The average Bonchev–Trinajstić information content (AvgIpc) is 2.91. The van der Waals surface area contributed by atoms with Gasteiger partial charge in [0.25, 0.3) is 0 Å². The fraction of sp³-hybridized carbons (Fsp3) is 0.810. The summed E-state index contributed by atoms with van der Waals surface area (Å²) in [4.78, 5) is 12.0. The summed E-state index contributed by atoms with van der Waals surface area (Å²) < 4.78 is 0. The van der Waals surface area contributed by atoms with Crippen LogP contribution in [0.2, 0.25) is 0 Å². The molecule has 0 saturated heterocycles. The minimum absolute atomic E-state index is 0.000146. The lowest BCUT2D eigenvalue weighted by molar-refractivity contribution is -0.148. The van der Waals surface area contributed by atoms with Crippen LogP contribution in [0.25, 0.3) is 0 Å². The second kappa shape index (κ2) is 5.70. The van der Waals surface area contributed by atoms with E-state index in [2.05, 4.69) is 13.0 Å². The van der Waals surface area contributed by atoms with Crippen molar-refractivity contribution in [2.45, 2.75) is 64.7 Å². The van der Waals surface area contributed by atoms with Crippen LogP contribution in [0.15, 0.2) is 11.6 Å². The molecule has 0 bridgehead atoms. The predicted octanol–water partition coefficient (Wildman–Crippen LogP) is 4.02. The van der Waals surface area contributed by atoms with Gasteiger partial charge >= 0.3 is 0 Å². The Morgan fingerprint density at radius 3 is 2.79 bits per heavy atom. The van der Waals surface area contributed by atoms with Crippen LogP contribution < -0.4 is 0 Å². The highest BCUT2D eigenvalue weighted by Gasteiger charge is 2.60. The van der Waals surface area contributed by atoms with Crippen molar-refractivity contribution in [3.05, 3.63) is 11.6 Å². The molecule has 4 aliphatic rings. The van der Waals surface area contributed by atoms with E-state index < -0.39 is 0 Å². The summed E-state index contributed by atoms with van der Waals surface area (Å²) in [7, 11) is 0. The third-order valence-corrected chi connectivity index (χ3v) is 8.56. The number of fused-ring (bicyclic) bond motifs is 5. The van der Waals surface area contributed by atoms with Crippen LogP contribution in [0.1, 0.15) is 64.7 Å². The molecule has 4 rings (SSSR count). The predicted molar refractivity (Wildman–Crippen MR) is 91.8 cm³/mol. The van der Waals surface area contributed by atoms with Crippen molar-refractivity contribution >= 4 is 5.78 Å². The maximum atomic E-state index is 12.0. The van der Waals surface area contributed by atoms with E-state index in [-0.39, 0.29) is 17.4 Å². The van der Waals surface area contributed by atoms with Crippen LogP contribution in [0.4, 0.5) is 0 Å². The number of hydrogen-bond acceptors (Lipinski definition) is 3. The van der Waals surface area contributed by atoms with Gasteiger partial charge < -0.3 is 5.11 Å². The topological polar surface area (TPSA) is 61.1 Å². The second-order valence-corrected chi connectivity index (χ2v) is 9.08. The van der Waals surface area contributed by atoms with E-state index in [1.54, 1.807) is 0 Å². The van der Waals surface area contributed by atoms with Gasteiger partial charge in [-0.1, -0.05) is 12.5 Å². The first-order chi connectivity index (χ1) is 11.5. The van der Waals surface area contributed by atoms with Crippen molar-refractivity contribution in [1.29, 1.82) is 5.26 Å². The molecular formula is C21H29NO2. The van der Waals surface area contributed by atoms with E-state index in [0.717, 1.165) is 32.1 Å². The summed E-state index contributed by atoms with van der Waals surface area (Å²) in [5.74, 6) is 2.73. The lowest BCUT2D eigenvalue weighted by Crippen LogP contribution is -2.55. The van der Waals surface area contributed by atoms with Crippen molar-refractivity contribution in [2.75, 3.05) is 6.61 Å². The van der Waals surface area contributed by atoms with Gasteiger partial charge in [-0.25, -0.2) is 0 Å². The Morgan fingerprint density at radius 2 is 2.04 bits per heavy atom. The Morgan fingerprint density at radius 1 is 1.21 bits per heavy atom. The molecule has 3 heteroatoms. The number of hydrogen-bond donors (Lipinski definition) is 1. The molecule has 0 amide bonds. The van der Waals surface area contributed by atoms with Gasteiger partial charge in [0.2, 0.25) is 0 Å². The standard InChI is InChI=1S/C21H29NO2/c1-20-9-7-19-17(18(20)5-3-14(20)8-11-22)4-2-15-12-16(24)6-10-21(15,19)13-23/h8,15,17-19,23H,2-7,9-10,12-13H2,1H3/b14-8-/t15-,17+,18+,19+,20-,21-/m1/s1. The zero-order chi connectivity index (χ0) is 16.9. The molecule has 0 unspecified atom stereocenters. The molecule has 0 aromatic rings. The van der Waals surface area contributed by atoms with Crippen LogP contribution in [0.3, 0.4) is 0 Å². The molecule has 0 aromatic carbocycles. The molecule has 4 aliphatic carbocycles. The maximum Gasteiger partial charge on any atom is 0.133 e. The van der Waals surface area contributed by atoms with E-state index in [4.69, 9.17) is 5.26 Å². The number of Topliss-reactive ketones (excluding diaryl/α,β-unsaturated/α-hetero) is 1. The summed E-state index contributed by atoms with van der Waals surface area (Å²) in [6.45, 7) is 2.64. The number of nitrogens with zero attached hydrogens (tertiary/aromatic N) is 1. The number of ketones is 1. The first-order valence-corrected chi connectivity index (χ1v) is 9.77. The Bertz CT molecular complexity index is 618. The minimum atomic E-state index is -0.000146. The highest BCUT2D eigenvalue weighted by molar-refractivity contribution is 5.79. The number of aliphatic hydroxyl groups excluding tert-OH is 1. The zero-order valence-electron chi connectivity index (χ0n) is 14.8. The fourth-order valence-corrected chi connectivity index (χ4v) is 7.32. The highest BCUT2D eigenvalue weighted by Crippen LogP contribution is 2.67. The Balaban J connectivity index is 1.67. The molecule has 0 radical (unpaired) electrons. The lowest BCUT2D eigenvalue weighted by Gasteiger charge is -2.60. The molecule has 0 aromatic heterocycles. The first kappa shape index (κ1) is 16.3. The number of carbonyl (C=O) groups excluding carboxylic acids is 1. The van der Waals surface area contributed by atoms with Gasteiger partial charge in [0.05, 0.1) is 6.07 Å². The smallest absolute Gasteiger partial charge is 0.133 e. The Labute approximate surface area is 145 Å². The largest absolute Gasteiger partial charge is 0.396 e. The van der Waals surface area contributed by atoms with Gasteiger partial charge in [-0.15, -0.1) is 0 Å². The average molecular weight is 327 g/mol. The van der Waals surface area contributed by atoms with Crippen LogP contribution in [-0.2, 0) is 4.79 Å². The van der Waals surface area contributed by atoms with Gasteiger partial charge in [-0.05, 0) is 74.0 Å². The monoisotopic (exact) mass is 327 g/mol. The Hall–Kier alpha value is -1.14. The van der Waals surface area contributed by atoms with Crippen molar-refractivity contribution in [3.8, 4) is 6.07 Å². The SMILES string of the molecule is C[C@]12CC[C@H]3[C@@H](CC[C@@H]4CC(=O)CC[C@@]43CO)[C@@H]1CC/C2=C/C#N.